The standard InChI is InChI=1S/C12H18FN3O/c13-11-3-1-4-14-12(11)15-5-2-6-16-7-9-17-10-8-16/h1,3-4H,2,5-10H2,(H,14,15). The Kier molecular flexibility index (Phi) is 4.70. The van der Waals surface area contributed by atoms with E-state index in [-0.39, 0.29) is 5.82 Å². The number of rotatable bonds is 5. The van der Waals surface area contributed by atoms with Crippen molar-refractivity contribution in [1.82, 2.24) is 9.88 Å². The van der Waals surface area contributed by atoms with Gasteiger partial charge in [-0.05, 0) is 25.1 Å². The molecule has 1 saturated heterocycles. The second kappa shape index (κ2) is 6.51. The molecule has 0 radical (unpaired) electrons. The van der Waals surface area contributed by atoms with Gasteiger partial charge in [-0.3, -0.25) is 4.90 Å². The largest absolute Gasteiger partial charge is 0.379 e. The van der Waals surface area contributed by atoms with Crippen LogP contribution in [0.25, 0.3) is 0 Å². The molecule has 2 rings (SSSR count). The summed E-state index contributed by atoms with van der Waals surface area (Å²) in [4.78, 5) is 6.30. The van der Waals surface area contributed by atoms with Gasteiger partial charge in [-0.25, -0.2) is 9.37 Å². The van der Waals surface area contributed by atoms with Crippen molar-refractivity contribution >= 4 is 5.82 Å². The lowest BCUT2D eigenvalue weighted by Gasteiger charge is -2.26. The first-order valence-electron chi connectivity index (χ1n) is 6.01. The van der Waals surface area contributed by atoms with Crippen molar-refractivity contribution in [1.29, 1.82) is 0 Å². The Morgan fingerprint density at radius 1 is 1.41 bits per heavy atom. The van der Waals surface area contributed by atoms with Gasteiger partial charge in [0.05, 0.1) is 13.2 Å². The van der Waals surface area contributed by atoms with Crippen LogP contribution >= 0.6 is 0 Å². The third kappa shape index (κ3) is 3.94. The summed E-state index contributed by atoms with van der Waals surface area (Å²) in [6, 6.07) is 3.01. The van der Waals surface area contributed by atoms with E-state index in [4.69, 9.17) is 4.74 Å². The zero-order valence-corrected chi connectivity index (χ0v) is 9.86. The van der Waals surface area contributed by atoms with Crippen LogP contribution in [0.2, 0.25) is 0 Å². The molecule has 1 fully saturated rings. The highest BCUT2D eigenvalue weighted by Crippen LogP contribution is 2.08. The maximum absolute atomic E-state index is 13.2. The summed E-state index contributed by atoms with van der Waals surface area (Å²) < 4.78 is 18.5. The van der Waals surface area contributed by atoms with Crippen LogP contribution in [0.3, 0.4) is 0 Å². The van der Waals surface area contributed by atoms with Gasteiger partial charge < -0.3 is 10.1 Å². The molecule has 17 heavy (non-hydrogen) atoms. The van der Waals surface area contributed by atoms with Crippen LogP contribution in [0.5, 0.6) is 0 Å². The molecule has 5 heteroatoms. The molecule has 1 aliphatic rings. The van der Waals surface area contributed by atoms with Gasteiger partial charge in [0, 0.05) is 25.8 Å². The summed E-state index contributed by atoms with van der Waals surface area (Å²) in [7, 11) is 0. The minimum atomic E-state index is -0.293. The number of hydrogen-bond donors (Lipinski definition) is 1. The number of pyridine rings is 1. The Morgan fingerprint density at radius 2 is 2.24 bits per heavy atom. The summed E-state index contributed by atoms with van der Waals surface area (Å²) >= 11 is 0. The lowest BCUT2D eigenvalue weighted by atomic mass is 10.3. The SMILES string of the molecule is Fc1cccnc1NCCCN1CCOCC1. The molecule has 0 atom stereocenters. The van der Waals surface area contributed by atoms with Gasteiger partial charge in [0.1, 0.15) is 0 Å². The smallest absolute Gasteiger partial charge is 0.165 e. The number of nitrogens with one attached hydrogen (secondary N) is 1. The first-order valence-corrected chi connectivity index (χ1v) is 6.01. The van der Waals surface area contributed by atoms with Crippen LogP contribution in [-0.2, 0) is 4.74 Å². The van der Waals surface area contributed by atoms with Crippen LogP contribution in [0, 0.1) is 5.82 Å². The van der Waals surface area contributed by atoms with E-state index in [2.05, 4.69) is 15.2 Å². The molecular weight excluding hydrogens is 221 g/mol. The highest BCUT2D eigenvalue weighted by Gasteiger charge is 2.09. The van der Waals surface area contributed by atoms with Gasteiger partial charge in [-0.1, -0.05) is 0 Å². The number of morpholine rings is 1. The van der Waals surface area contributed by atoms with Crippen molar-refractivity contribution in [2.45, 2.75) is 6.42 Å². The summed E-state index contributed by atoms with van der Waals surface area (Å²) in [5, 5.41) is 3.01. The van der Waals surface area contributed by atoms with Gasteiger partial charge in [0.25, 0.3) is 0 Å². The second-order valence-corrected chi connectivity index (χ2v) is 4.07. The lowest BCUT2D eigenvalue weighted by molar-refractivity contribution is 0.0378. The van der Waals surface area contributed by atoms with Gasteiger partial charge >= 0.3 is 0 Å². The molecule has 2 heterocycles. The average Bonchev–Trinajstić information content (AvgIpc) is 2.38. The second-order valence-electron chi connectivity index (χ2n) is 4.07. The summed E-state index contributed by atoms with van der Waals surface area (Å²) in [5.74, 6) is 0.0494. The van der Waals surface area contributed by atoms with Gasteiger partial charge in [0.15, 0.2) is 11.6 Å². The molecule has 0 aromatic carbocycles. The third-order valence-corrected chi connectivity index (χ3v) is 2.81. The van der Waals surface area contributed by atoms with Crippen molar-refractivity contribution in [3.8, 4) is 0 Å². The highest BCUT2D eigenvalue weighted by molar-refractivity contribution is 5.35. The fraction of sp³-hybridized carbons (Fsp3) is 0.583. The minimum absolute atomic E-state index is 0.293. The van der Waals surface area contributed by atoms with Crippen molar-refractivity contribution in [2.24, 2.45) is 0 Å². The minimum Gasteiger partial charge on any atom is -0.379 e. The zero-order chi connectivity index (χ0) is 11.9. The van der Waals surface area contributed by atoms with Gasteiger partial charge in [-0.15, -0.1) is 0 Å². The van der Waals surface area contributed by atoms with E-state index in [1.54, 1.807) is 12.3 Å². The van der Waals surface area contributed by atoms with Crippen molar-refractivity contribution in [2.75, 3.05) is 44.7 Å². The molecule has 1 aliphatic heterocycles. The number of nitrogens with zero attached hydrogens (tertiary/aromatic N) is 2. The number of halogens is 1. The number of hydrogen-bond acceptors (Lipinski definition) is 4. The van der Waals surface area contributed by atoms with Crippen LogP contribution < -0.4 is 5.32 Å². The summed E-state index contributed by atoms with van der Waals surface area (Å²) in [5.41, 5.74) is 0. The molecular formula is C12H18FN3O. The molecule has 0 spiro atoms. The molecule has 1 aromatic rings. The molecule has 4 nitrogen and oxygen atoms in total. The van der Waals surface area contributed by atoms with Crippen LogP contribution in [0.15, 0.2) is 18.3 Å². The lowest BCUT2D eigenvalue weighted by Crippen LogP contribution is -2.37. The zero-order valence-electron chi connectivity index (χ0n) is 9.86. The van der Waals surface area contributed by atoms with Gasteiger partial charge in [-0.2, -0.15) is 0 Å². The molecule has 0 aliphatic carbocycles. The normalized spacial score (nSPS) is 17.0. The molecule has 0 bridgehead atoms. The van der Waals surface area contributed by atoms with Crippen molar-refractivity contribution in [3.63, 3.8) is 0 Å². The quantitative estimate of drug-likeness (QED) is 0.787. The maximum Gasteiger partial charge on any atom is 0.165 e. The Balaban J connectivity index is 1.64. The Labute approximate surface area is 101 Å². The molecule has 1 aromatic heterocycles. The Bertz CT molecular complexity index is 342. The number of ether oxygens (including phenoxy) is 1. The van der Waals surface area contributed by atoms with Crippen LogP contribution in [0.1, 0.15) is 6.42 Å². The Hall–Kier alpha value is -1.20. The number of anilines is 1. The van der Waals surface area contributed by atoms with Crippen LogP contribution in [0.4, 0.5) is 10.2 Å². The first-order chi connectivity index (χ1) is 8.36. The Morgan fingerprint density at radius 3 is 3.00 bits per heavy atom. The van der Waals surface area contributed by atoms with E-state index in [9.17, 15) is 4.39 Å². The van der Waals surface area contributed by atoms with Crippen molar-refractivity contribution in [3.05, 3.63) is 24.1 Å². The fourth-order valence-electron chi connectivity index (χ4n) is 1.85. The molecule has 0 amide bonds. The summed E-state index contributed by atoms with van der Waals surface area (Å²) in [6.07, 6.45) is 2.57. The van der Waals surface area contributed by atoms with E-state index in [0.717, 1.165) is 45.8 Å². The molecule has 0 saturated carbocycles. The first kappa shape index (κ1) is 12.3. The predicted octanol–water partition coefficient (Wildman–Crippen LogP) is 1.35. The average molecular weight is 239 g/mol. The van der Waals surface area contributed by atoms with Crippen LogP contribution in [-0.4, -0.2) is 49.3 Å². The van der Waals surface area contributed by atoms with E-state index in [1.807, 2.05) is 0 Å². The molecule has 0 unspecified atom stereocenters. The molecule has 1 N–H and O–H groups in total. The summed E-state index contributed by atoms with van der Waals surface area (Å²) in [6.45, 7) is 5.40. The van der Waals surface area contributed by atoms with E-state index < -0.39 is 0 Å². The predicted molar refractivity (Wildman–Crippen MR) is 64.6 cm³/mol. The van der Waals surface area contributed by atoms with Gasteiger partial charge in [0.2, 0.25) is 0 Å². The van der Waals surface area contributed by atoms with E-state index >= 15 is 0 Å². The van der Waals surface area contributed by atoms with Crippen molar-refractivity contribution < 1.29 is 9.13 Å². The van der Waals surface area contributed by atoms with E-state index in [1.165, 1.54) is 6.07 Å². The molecule has 94 valence electrons. The third-order valence-electron chi connectivity index (χ3n) is 2.81. The highest BCUT2D eigenvalue weighted by atomic mass is 19.1. The van der Waals surface area contributed by atoms with E-state index in [0.29, 0.717) is 5.82 Å². The maximum atomic E-state index is 13.2. The topological polar surface area (TPSA) is 37.4 Å². The monoisotopic (exact) mass is 239 g/mol. The fourth-order valence-corrected chi connectivity index (χ4v) is 1.85. The number of aromatic nitrogens is 1.